The van der Waals surface area contributed by atoms with Crippen LogP contribution in [0.15, 0.2) is 11.6 Å². The predicted octanol–water partition coefficient (Wildman–Crippen LogP) is 5.58. The normalized spacial score (nSPS) is 28.2. The molecule has 0 amide bonds. The molecule has 1 nitrogen and oxygen atoms in total. The Morgan fingerprint density at radius 1 is 1.24 bits per heavy atom. The Morgan fingerprint density at radius 2 is 1.95 bits per heavy atom. The van der Waals surface area contributed by atoms with Crippen molar-refractivity contribution < 1.29 is 0 Å². The maximum absolute atomic E-state index is 2.49. The zero-order valence-corrected chi connectivity index (χ0v) is 16.4. The molecule has 0 unspecified atom stereocenters. The first-order valence-corrected chi connectivity index (χ1v) is 10.1. The van der Waals surface area contributed by atoms with Crippen molar-refractivity contribution in [3.63, 3.8) is 0 Å². The van der Waals surface area contributed by atoms with Crippen LogP contribution in [0.4, 0.5) is 0 Å². The van der Waals surface area contributed by atoms with Gasteiger partial charge in [-0.15, -0.1) is 11.3 Å². The zero-order chi connectivity index (χ0) is 15.0. The maximum Gasteiger partial charge on any atom is 0.0662 e. The highest BCUT2D eigenvalue weighted by Crippen LogP contribution is 2.41. The van der Waals surface area contributed by atoms with Crippen LogP contribution < -0.4 is 0 Å². The molecule has 1 aliphatic heterocycles. The van der Waals surface area contributed by atoms with Gasteiger partial charge in [0.25, 0.3) is 0 Å². The smallest absolute Gasteiger partial charge is 0.0662 e. The molecule has 1 aromatic rings. The molecule has 3 rings (SSSR count). The summed E-state index contributed by atoms with van der Waals surface area (Å²) in [5.41, 5.74) is 5.02. The summed E-state index contributed by atoms with van der Waals surface area (Å²) in [5, 5.41) is 0. The van der Waals surface area contributed by atoms with Crippen LogP contribution in [0.25, 0.3) is 5.57 Å². The Labute approximate surface area is 147 Å². The lowest BCUT2D eigenvalue weighted by Crippen LogP contribution is -2.30. The van der Waals surface area contributed by atoms with Crippen LogP contribution in [0.5, 0.6) is 0 Å². The molecular formula is C18H26INS. The topological polar surface area (TPSA) is 3.24 Å². The molecule has 116 valence electrons. The third-order valence-electron chi connectivity index (χ3n) is 5.30. The van der Waals surface area contributed by atoms with E-state index in [1.807, 2.05) is 11.3 Å². The molecule has 0 radical (unpaired) electrons. The molecule has 3 heteroatoms. The Bertz CT molecular complexity index is 537. The number of hydrogen-bond acceptors (Lipinski definition) is 2. The maximum atomic E-state index is 2.49. The van der Waals surface area contributed by atoms with E-state index in [1.54, 1.807) is 16.7 Å². The first-order valence-electron chi connectivity index (χ1n) is 8.21. The van der Waals surface area contributed by atoms with Gasteiger partial charge in [-0.25, -0.2) is 0 Å². The van der Waals surface area contributed by atoms with Gasteiger partial charge in [0, 0.05) is 18.0 Å². The van der Waals surface area contributed by atoms with E-state index in [1.165, 1.54) is 46.4 Å². The molecule has 0 atom stereocenters. The van der Waals surface area contributed by atoms with Gasteiger partial charge in [-0.3, -0.25) is 0 Å². The van der Waals surface area contributed by atoms with Gasteiger partial charge in [-0.2, -0.15) is 0 Å². The highest BCUT2D eigenvalue weighted by atomic mass is 127. The lowest BCUT2D eigenvalue weighted by molar-refractivity contribution is 0.296. The number of hydrogen-bond donors (Lipinski definition) is 0. The van der Waals surface area contributed by atoms with Crippen molar-refractivity contribution in [1.29, 1.82) is 0 Å². The molecule has 2 heterocycles. The summed E-state index contributed by atoms with van der Waals surface area (Å²) in [5.74, 6) is 1.81. The summed E-state index contributed by atoms with van der Waals surface area (Å²) >= 11 is 4.42. The highest BCUT2D eigenvalue weighted by Gasteiger charge is 2.28. The lowest BCUT2D eigenvalue weighted by Gasteiger charge is -2.35. The Morgan fingerprint density at radius 3 is 2.57 bits per heavy atom. The van der Waals surface area contributed by atoms with Gasteiger partial charge in [-0.1, -0.05) is 25.3 Å². The van der Waals surface area contributed by atoms with E-state index < -0.39 is 0 Å². The number of aryl methyl sites for hydroxylation is 1. The van der Waals surface area contributed by atoms with Crippen LogP contribution in [-0.4, -0.2) is 25.0 Å². The van der Waals surface area contributed by atoms with E-state index in [9.17, 15) is 0 Å². The van der Waals surface area contributed by atoms with E-state index in [2.05, 4.69) is 54.5 Å². The summed E-state index contributed by atoms with van der Waals surface area (Å²) in [7, 11) is 2.27. The van der Waals surface area contributed by atoms with Crippen molar-refractivity contribution >= 4 is 39.5 Å². The molecule has 1 fully saturated rings. The molecule has 2 aliphatic rings. The SMILES string of the molecule is Cc1sc(I)cc1C1=C(C2CCC(C)CC2)CCN(C)C1. The van der Waals surface area contributed by atoms with E-state index in [-0.39, 0.29) is 0 Å². The second kappa shape index (κ2) is 6.71. The Balaban J connectivity index is 1.95. The lowest BCUT2D eigenvalue weighted by atomic mass is 9.75. The molecule has 1 saturated carbocycles. The molecule has 0 bridgehead atoms. The van der Waals surface area contributed by atoms with Crippen molar-refractivity contribution in [3.05, 3.63) is 25.0 Å². The largest absolute Gasteiger partial charge is 0.302 e. The molecule has 0 N–H and O–H groups in total. The fourth-order valence-corrected chi connectivity index (χ4v) is 6.04. The summed E-state index contributed by atoms with van der Waals surface area (Å²) in [6.45, 7) is 7.11. The summed E-state index contributed by atoms with van der Waals surface area (Å²) in [4.78, 5) is 4.00. The minimum Gasteiger partial charge on any atom is -0.302 e. The van der Waals surface area contributed by atoms with Crippen molar-refractivity contribution in [3.8, 4) is 0 Å². The number of likely N-dealkylation sites (N-methyl/N-ethyl adjacent to an activating group) is 1. The fraction of sp³-hybridized carbons (Fsp3) is 0.667. The van der Waals surface area contributed by atoms with Crippen LogP contribution in [0, 0.1) is 21.6 Å². The summed E-state index contributed by atoms with van der Waals surface area (Å²) < 4.78 is 1.43. The van der Waals surface area contributed by atoms with E-state index in [4.69, 9.17) is 0 Å². The average molecular weight is 415 g/mol. The molecule has 0 spiro atoms. The second-order valence-corrected chi connectivity index (χ2v) is 10.1. The molecule has 1 aliphatic carbocycles. The summed E-state index contributed by atoms with van der Waals surface area (Å²) in [6.07, 6.45) is 6.99. The molecule has 21 heavy (non-hydrogen) atoms. The zero-order valence-electron chi connectivity index (χ0n) is 13.4. The van der Waals surface area contributed by atoms with Gasteiger partial charge < -0.3 is 4.90 Å². The van der Waals surface area contributed by atoms with E-state index in [0.717, 1.165) is 18.4 Å². The molecule has 0 saturated heterocycles. The van der Waals surface area contributed by atoms with Crippen LogP contribution in [0.3, 0.4) is 0 Å². The number of rotatable bonds is 2. The van der Waals surface area contributed by atoms with Gasteiger partial charge in [0.15, 0.2) is 0 Å². The highest BCUT2D eigenvalue weighted by molar-refractivity contribution is 14.1. The number of thiophene rings is 1. The molecule has 1 aromatic heterocycles. The predicted molar refractivity (Wildman–Crippen MR) is 102 cm³/mol. The van der Waals surface area contributed by atoms with Gasteiger partial charge >= 0.3 is 0 Å². The fourth-order valence-electron chi connectivity index (χ4n) is 3.98. The third kappa shape index (κ3) is 3.56. The van der Waals surface area contributed by atoms with Gasteiger partial charge in [0.2, 0.25) is 0 Å². The van der Waals surface area contributed by atoms with Gasteiger partial charge in [0.05, 0.1) is 2.88 Å². The summed E-state index contributed by atoms with van der Waals surface area (Å²) in [6, 6.07) is 2.42. The quantitative estimate of drug-likeness (QED) is 0.571. The van der Waals surface area contributed by atoms with Crippen LogP contribution in [0.1, 0.15) is 49.5 Å². The molecular weight excluding hydrogens is 389 g/mol. The second-order valence-electron chi connectivity index (χ2n) is 6.97. The minimum absolute atomic E-state index is 0.863. The molecule has 0 aromatic carbocycles. The first kappa shape index (κ1) is 16.0. The first-order chi connectivity index (χ1) is 10.0. The van der Waals surface area contributed by atoms with Crippen molar-refractivity contribution in [2.45, 2.75) is 46.0 Å². The number of nitrogens with zero attached hydrogens (tertiary/aromatic N) is 1. The van der Waals surface area contributed by atoms with E-state index >= 15 is 0 Å². The van der Waals surface area contributed by atoms with Crippen LogP contribution in [0.2, 0.25) is 0 Å². The van der Waals surface area contributed by atoms with E-state index in [0.29, 0.717) is 0 Å². The van der Waals surface area contributed by atoms with Gasteiger partial charge in [-0.05, 0) is 84.9 Å². The van der Waals surface area contributed by atoms with Crippen molar-refractivity contribution in [2.75, 3.05) is 20.1 Å². The standard InChI is InChI=1S/C18H26INS/c1-12-4-6-14(7-5-12)15-8-9-20(3)11-17(15)16-10-18(19)21-13(16)2/h10,12,14H,4-9,11H2,1-3H3. The Hall–Kier alpha value is 0.130. The Kier molecular flexibility index (Phi) is 5.12. The van der Waals surface area contributed by atoms with Gasteiger partial charge in [0.1, 0.15) is 0 Å². The van der Waals surface area contributed by atoms with Crippen molar-refractivity contribution in [2.24, 2.45) is 11.8 Å². The average Bonchev–Trinajstić information content (AvgIpc) is 2.79. The minimum atomic E-state index is 0.863. The van der Waals surface area contributed by atoms with Crippen molar-refractivity contribution in [1.82, 2.24) is 4.90 Å². The number of halogens is 1. The third-order valence-corrected chi connectivity index (χ3v) is 7.11. The van der Waals surface area contributed by atoms with Crippen LogP contribution >= 0.6 is 33.9 Å². The van der Waals surface area contributed by atoms with Crippen LogP contribution in [-0.2, 0) is 0 Å². The monoisotopic (exact) mass is 415 g/mol.